The highest BCUT2D eigenvalue weighted by Crippen LogP contribution is 2.31. The van der Waals surface area contributed by atoms with Gasteiger partial charge in [-0.3, -0.25) is 4.79 Å². The molecule has 1 saturated heterocycles. The first-order valence-corrected chi connectivity index (χ1v) is 10.4. The Kier molecular flexibility index (Phi) is 5.72. The van der Waals surface area contributed by atoms with Gasteiger partial charge in [-0.25, -0.2) is 9.97 Å². The molecule has 1 aliphatic rings. The molecule has 4 rings (SSSR count). The summed E-state index contributed by atoms with van der Waals surface area (Å²) in [7, 11) is 0. The number of nitrogens with one attached hydrogen (secondary N) is 1. The van der Waals surface area contributed by atoms with Crippen LogP contribution >= 0.6 is 11.3 Å². The van der Waals surface area contributed by atoms with Crippen LogP contribution in [0, 0.1) is 0 Å². The molecule has 0 radical (unpaired) electrons. The number of rotatable bonds is 5. The van der Waals surface area contributed by atoms with E-state index in [1.165, 1.54) is 36.3 Å². The molecule has 30 heavy (non-hydrogen) atoms. The largest absolute Gasteiger partial charge is 0.416 e. The monoisotopic (exact) mass is 432 g/mol. The summed E-state index contributed by atoms with van der Waals surface area (Å²) in [6, 6.07) is 8.56. The smallest absolute Gasteiger partial charge is 0.357 e. The van der Waals surface area contributed by atoms with Crippen LogP contribution in [0.2, 0.25) is 0 Å². The van der Waals surface area contributed by atoms with Gasteiger partial charge in [0.1, 0.15) is 10.8 Å². The number of alkyl halides is 3. The summed E-state index contributed by atoms with van der Waals surface area (Å²) in [6.45, 7) is 2.01. The van der Waals surface area contributed by atoms with Gasteiger partial charge in [0, 0.05) is 24.0 Å². The number of aromatic nitrogens is 2. The van der Waals surface area contributed by atoms with Crippen molar-refractivity contribution in [2.24, 2.45) is 0 Å². The molecular weight excluding hydrogens is 413 g/mol. The highest BCUT2D eigenvalue weighted by atomic mass is 32.1. The van der Waals surface area contributed by atoms with Crippen molar-refractivity contribution in [1.82, 2.24) is 9.97 Å². The Bertz CT molecular complexity index is 1010. The Labute approximate surface area is 175 Å². The lowest BCUT2D eigenvalue weighted by atomic mass is 10.1. The van der Waals surface area contributed by atoms with Crippen molar-refractivity contribution in [2.45, 2.75) is 25.4 Å². The number of hydrogen-bond acceptors (Lipinski definition) is 5. The molecule has 9 heteroatoms. The number of amides is 1. The molecule has 1 aliphatic heterocycles. The molecule has 156 valence electrons. The second kappa shape index (κ2) is 8.43. The van der Waals surface area contributed by atoms with E-state index in [-0.39, 0.29) is 12.3 Å². The molecular formula is C21H19F3N4OS. The number of anilines is 2. The van der Waals surface area contributed by atoms with Crippen LogP contribution in [0.3, 0.4) is 0 Å². The van der Waals surface area contributed by atoms with Crippen molar-refractivity contribution in [1.29, 1.82) is 0 Å². The van der Waals surface area contributed by atoms with E-state index >= 15 is 0 Å². The van der Waals surface area contributed by atoms with Crippen molar-refractivity contribution >= 4 is 28.7 Å². The first-order valence-electron chi connectivity index (χ1n) is 9.51. The first kappa shape index (κ1) is 20.3. The zero-order chi connectivity index (χ0) is 21.1. The molecule has 1 N–H and O–H groups in total. The SMILES string of the molecule is O=C(Cc1csc(-c2ccc(C(F)(F)F)cc2)n1)Nc1ccc(N2CCCC2)nc1. The normalized spacial score (nSPS) is 14.2. The van der Waals surface area contributed by atoms with E-state index < -0.39 is 11.7 Å². The molecule has 5 nitrogen and oxygen atoms in total. The second-order valence-electron chi connectivity index (χ2n) is 7.04. The minimum Gasteiger partial charge on any atom is -0.357 e. The fraction of sp³-hybridized carbons (Fsp3) is 0.286. The number of benzene rings is 1. The Balaban J connectivity index is 1.35. The standard InChI is InChI=1S/C21H19F3N4OS/c22-21(23,24)15-5-3-14(4-6-15)20-27-17(13-30-20)11-19(29)26-16-7-8-18(25-12-16)28-9-1-2-10-28/h3-8,12-13H,1-2,9-11H2,(H,26,29). The molecule has 3 aromatic rings. The number of halogens is 3. The van der Waals surface area contributed by atoms with Crippen LogP contribution in [0.15, 0.2) is 48.0 Å². The molecule has 0 saturated carbocycles. The van der Waals surface area contributed by atoms with Gasteiger partial charge >= 0.3 is 6.18 Å². The molecule has 0 spiro atoms. The molecule has 2 aromatic heterocycles. The fourth-order valence-electron chi connectivity index (χ4n) is 3.29. The van der Waals surface area contributed by atoms with Gasteiger partial charge in [-0.2, -0.15) is 13.2 Å². The van der Waals surface area contributed by atoms with Crippen LogP contribution < -0.4 is 10.2 Å². The number of hydrogen-bond donors (Lipinski definition) is 1. The summed E-state index contributed by atoms with van der Waals surface area (Å²) in [5.41, 5.74) is 1.06. The van der Waals surface area contributed by atoms with Crippen LogP contribution in [0.4, 0.5) is 24.7 Å². The van der Waals surface area contributed by atoms with Gasteiger partial charge in [-0.05, 0) is 37.1 Å². The van der Waals surface area contributed by atoms with Gasteiger partial charge in [0.05, 0.1) is 29.6 Å². The maximum absolute atomic E-state index is 12.7. The molecule has 0 atom stereocenters. The van der Waals surface area contributed by atoms with E-state index in [4.69, 9.17) is 0 Å². The first-order chi connectivity index (χ1) is 14.4. The summed E-state index contributed by atoms with van der Waals surface area (Å²) in [6.07, 6.45) is -0.317. The van der Waals surface area contributed by atoms with Crippen LogP contribution in [-0.2, 0) is 17.4 Å². The molecule has 1 amide bonds. The number of carbonyl (C=O) groups is 1. The lowest BCUT2D eigenvalue weighted by molar-refractivity contribution is -0.137. The molecule has 0 aliphatic carbocycles. The Morgan fingerprint density at radius 2 is 1.83 bits per heavy atom. The number of pyridine rings is 1. The van der Waals surface area contributed by atoms with E-state index in [1.54, 1.807) is 11.6 Å². The maximum Gasteiger partial charge on any atom is 0.416 e. The maximum atomic E-state index is 12.7. The minimum atomic E-state index is -4.37. The van der Waals surface area contributed by atoms with Crippen LogP contribution in [0.25, 0.3) is 10.6 Å². The van der Waals surface area contributed by atoms with Gasteiger partial charge in [-0.1, -0.05) is 12.1 Å². The van der Waals surface area contributed by atoms with Crippen molar-refractivity contribution in [3.8, 4) is 10.6 Å². The summed E-state index contributed by atoms with van der Waals surface area (Å²) in [4.78, 5) is 23.3. The van der Waals surface area contributed by atoms with E-state index in [0.29, 0.717) is 22.0 Å². The van der Waals surface area contributed by atoms with Gasteiger partial charge < -0.3 is 10.2 Å². The third-order valence-electron chi connectivity index (χ3n) is 4.81. The third-order valence-corrected chi connectivity index (χ3v) is 5.75. The summed E-state index contributed by atoms with van der Waals surface area (Å²) in [5, 5.41) is 5.11. The second-order valence-corrected chi connectivity index (χ2v) is 7.90. The molecule has 3 heterocycles. The van der Waals surface area contributed by atoms with E-state index in [0.717, 1.165) is 31.0 Å². The summed E-state index contributed by atoms with van der Waals surface area (Å²) in [5.74, 6) is 0.682. The van der Waals surface area contributed by atoms with E-state index in [1.807, 2.05) is 12.1 Å². The van der Waals surface area contributed by atoms with Crippen LogP contribution in [-0.4, -0.2) is 29.0 Å². The number of nitrogens with zero attached hydrogens (tertiary/aromatic N) is 3. The predicted octanol–water partition coefficient (Wildman–Crippen LogP) is 5.01. The summed E-state index contributed by atoms with van der Waals surface area (Å²) >= 11 is 1.29. The Hall–Kier alpha value is -2.94. The van der Waals surface area contributed by atoms with Gasteiger partial charge in [0.25, 0.3) is 0 Å². The average Bonchev–Trinajstić information content (AvgIpc) is 3.40. The van der Waals surface area contributed by atoms with Gasteiger partial charge in [0.15, 0.2) is 0 Å². The molecule has 1 fully saturated rings. The van der Waals surface area contributed by atoms with Crippen molar-refractivity contribution in [3.63, 3.8) is 0 Å². The number of carbonyl (C=O) groups excluding carboxylic acids is 1. The Morgan fingerprint density at radius 3 is 2.47 bits per heavy atom. The average molecular weight is 432 g/mol. The highest BCUT2D eigenvalue weighted by Gasteiger charge is 2.30. The van der Waals surface area contributed by atoms with E-state index in [2.05, 4.69) is 20.2 Å². The lowest BCUT2D eigenvalue weighted by Gasteiger charge is -2.16. The molecule has 1 aromatic carbocycles. The van der Waals surface area contributed by atoms with Crippen molar-refractivity contribution in [3.05, 3.63) is 59.2 Å². The fourth-order valence-corrected chi connectivity index (χ4v) is 4.11. The van der Waals surface area contributed by atoms with E-state index in [9.17, 15) is 18.0 Å². The summed E-state index contributed by atoms with van der Waals surface area (Å²) < 4.78 is 38.1. The molecule has 0 unspecified atom stereocenters. The van der Waals surface area contributed by atoms with Gasteiger partial charge in [-0.15, -0.1) is 11.3 Å². The van der Waals surface area contributed by atoms with Crippen LogP contribution in [0.1, 0.15) is 24.1 Å². The van der Waals surface area contributed by atoms with Crippen LogP contribution in [0.5, 0.6) is 0 Å². The number of thiazole rings is 1. The minimum absolute atomic E-state index is 0.0744. The lowest BCUT2D eigenvalue weighted by Crippen LogP contribution is -2.19. The topological polar surface area (TPSA) is 58.1 Å². The predicted molar refractivity (Wildman–Crippen MR) is 111 cm³/mol. The van der Waals surface area contributed by atoms with Crippen molar-refractivity contribution < 1.29 is 18.0 Å². The third kappa shape index (κ3) is 4.79. The highest BCUT2D eigenvalue weighted by molar-refractivity contribution is 7.13. The van der Waals surface area contributed by atoms with Gasteiger partial charge in [0.2, 0.25) is 5.91 Å². The van der Waals surface area contributed by atoms with Crippen molar-refractivity contribution in [2.75, 3.05) is 23.3 Å². The molecule has 0 bridgehead atoms. The zero-order valence-electron chi connectivity index (χ0n) is 15.9. The quantitative estimate of drug-likeness (QED) is 0.616. The Morgan fingerprint density at radius 1 is 1.10 bits per heavy atom. The zero-order valence-corrected chi connectivity index (χ0v) is 16.8.